The highest BCUT2D eigenvalue weighted by Gasteiger charge is 2.07. The summed E-state index contributed by atoms with van der Waals surface area (Å²) in [6.07, 6.45) is 0.229. The lowest BCUT2D eigenvalue weighted by Gasteiger charge is -2.10. The van der Waals surface area contributed by atoms with Gasteiger partial charge in [-0.05, 0) is 37.6 Å². The molecule has 0 fully saturated rings. The molecule has 112 valence electrons. The standard InChI is InChI=1S/C18H18N2O2/c1-13-7-8-17(14(2)11-13)22-10-9-18(21)20-16-6-4-3-5-15(16)12-19/h3-8,11H,9-10H2,1-2H3,(H,20,21). The number of carbonyl (C=O) groups excluding carboxylic acids is 1. The van der Waals surface area contributed by atoms with Gasteiger partial charge in [0, 0.05) is 0 Å². The minimum atomic E-state index is -0.174. The van der Waals surface area contributed by atoms with Gasteiger partial charge in [0.2, 0.25) is 5.91 Å². The van der Waals surface area contributed by atoms with Crippen LogP contribution in [0, 0.1) is 25.2 Å². The fourth-order valence-corrected chi connectivity index (χ4v) is 2.12. The molecule has 4 nitrogen and oxygen atoms in total. The average molecular weight is 294 g/mol. The van der Waals surface area contributed by atoms with E-state index in [1.165, 1.54) is 5.56 Å². The molecule has 0 heterocycles. The molecule has 0 radical (unpaired) electrons. The molecule has 2 rings (SSSR count). The molecule has 0 saturated carbocycles. The van der Waals surface area contributed by atoms with Gasteiger partial charge in [-0.3, -0.25) is 4.79 Å². The van der Waals surface area contributed by atoms with Gasteiger partial charge >= 0.3 is 0 Å². The molecular weight excluding hydrogens is 276 g/mol. The quantitative estimate of drug-likeness (QED) is 0.916. The molecule has 0 spiro atoms. The van der Waals surface area contributed by atoms with E-state index in [0.29, 0.717) is 17.9 Å². The monoisotopic (exact) mass is 294 g/mol. The molecule has 1 amide bonds. The molecule has 2 aromatic carbocycles. The molecule has 0 atom stereocenters. The Balaban J connectivity index is 1.87. The van der Waals surface area contributed by atoms with Crippen molar-refractivity contribution in [2.75, 3.05) is 11.9 Å². The number of ether oxygens (including phenoxy) is 1. The Bertz CT molecular complexity index is 717. The fourth-order valence-electron chi connectivity index (χ4n) is 2.12. The molecule has 4 heteroatoms. The Kier molecular flexibility index (Phi) is 5.16. The maximum absolute atomic E-state index is 11.9. The first kappa shape index (κ1) is 15.6. The Hall–Kier alpha value is -2.80. The van der Waals surface area contributed by atoms with Gasteiger partial charge < -0.3 is 10.1 Å². The summed E-state index contributed by atoms with van der Waals surface area (Å²) in [6, 6.07) is 14.9. The number of hydrogen-bond donors (Lipinski definition) is 1. The summed E-state index contributed by atoms with van der Waals surface area (Å²) in [5, 5.41) is 11.7. The Morgan fingerprint density at radius 1 is 1.23 bits per heavy atom. The van der Waals surface area contributed by atoms with E-state index >= 15 is 0 Å². The second-order valence-corrected chi connectivity index (χ2v) is 5.07. The van der Waals surface area contributed by atoms with Crippen molar-refractivity contribution in [3.8, 4) is 11.8 Å². The van der Waals surface area contributed by atoms with Gasteiger partial charge in [0.1, 0.15) is 11.8 Å². The van der Waals surface area contributed by atoms with Gasteiger partial charge in [-0.15, -0.1) is 0 Å². The third-order valence-corrected chi connectivity index (χ3v) is 3.24. The second kappa shape index (κ2) is 7.28. The van der Waals surface area contributed by atoms with E-state index in [1.807, 2.05) is 38.1 Å². The number of rotatable bonds is 5. The van der Waals surface area contributed by atoms with Crippen LogP contribution in [0.1, 0.15) is 23.1 Å². The summed E-state index contributed by atoms with van der Waals surface area (Å²) >= 11 is 0. The van der Waals surface area contributed by atoms with Crippen molar-refractivity contribution in [1.29, 1.82) is 5.26 Å². The molecular formula is C18H18N2O2. The van der Waals surface area contributed by atoms with Gasteiger partial charge in [-0.25, -0.2) is 0 Å². The second-order valence-electron chi connectivity index (χ2n) is 5.07. The van der Waals surface area contributed by atoms with Gasteiger partial charge in [-0.1, -0.05) is 29.8 Å². The van der Waals surface area contributed by atoms with Crippen LogP contribution in [-0.2, 0) is 4.79 Å². The largest absolute Gasteiger partial charge is 0.493 e. The number of nitriles is 1. The van der Waals surface area contributed by atoms with Crippen molar-refractivity contribution < 1.29 is 9.53 Å². The first-order chi connectivity index (χ1) is 10.6. The lowest BCUT2D eigenvalue weighted by molar-refractivity contribution is -0.116. The highest BCUT2D eigenvalue weighted by molar-refractivity contribution is 5.92. The van der Waals surface area contributed by atoms with Crippen LogP contribution < -0.4 is 10.1 Å². The maximum Gasteiger partial charge on any atom is 0.227 e. The number of para-hydroxylation sites is 1. The molecule has 0 aliphatic carbocycles. The number of hydrogen-bond acceptors (Lipinski definition) is 3. The minimum absolute atomic E-state index is 0.174. The number of carbonyl (C=O) groups is 1. The predicted molar refractivity (Wildman–Crippen MR) is 85.8 cm³/mol. The molecule has 0 aliphatic rings. The van der Waals surface area contributed by atoms with Crippen LogP contribution in [0.15, 0.2) is 42.5 Å². The predicted octanol–water partition coefficient (Wildman–Crippen LogP) is 3.58. The first-order valence-electron chi connectivity index (χ1n) is 7.09. The van der Waals surface area contributed by atoms with Crippen molar-refractivity contribution in [3.63, 3.8) is 0 Å². The lowest BCUT2D eigenvalue weighted by Crippen LogP contribution is -2.16. The number of amides is 1. The summed E-state index contributed by atoms with van der Waals surface area (Å²) in [5.74, 6) is 0.614. The number of aryl methyl sites for hydroxylation is 2. The van der Waals surface area contributed by atoms with Gasteiger partial charge in [0.05, 0.1) is 24.3 Å². The third-order valence-electron chi connectivity index (χ3n) is 3.24. The summed E-state index contributed by atoms with van der Waals surface area (Å²) in [4.78, 5) is 11.9. The molecule has 2 aromatic rings. The Labute approximate surface area is 130 Å². The Morgan fingerprint density at radius 3 is 2.73 bits per heavy atom. The van der Waals surface area contributed by atoms with Crippen LogP contribution in [0.4, 0.5) is 5.69 Å². The first-order valence-corrected chi connectivity index (χ1v) is 7.09. The molecule has 0 aromatic heterocycles. The average Bonchev–Trinajstić information content (AvgIpc) is 2.50. The topological polar surface area (TPSA) is 62.1 Å². The van der Waals surface area contributed by atoms with Crippen LogP contribution in [0.5, 0.6) is 5.75 Å². The molecule has 0 bridgehead atoms. The van der Waals surface area contributed by atoms with Crippen molar-refractivity contribution in [2.24, 2.45) is 0 Å². The van der Waals surface area contributed by atoms with Crippen LogP contribution >= 0.6 is 0 Å². The summed E-state index contributed by atoms with van der Waals surface area (Å²) < 4.78 is 5.63. The van der Waals surface area contributed by atoms with E-state index in [0.717, 1.165) is 11.3 Å². The van der Waals surface area contributed by atoms with Crippen LogP contribution in [0.2, 0.25) is 0 Å². The number of benzene rings is 2. The van der Waals surface area contributed by atoms with Gasteiger partial charge in [0.25, 0.3) is 0 Å². The highest BCUT2D eigenvalue weighted by Crippen LogP contribution is 2.19. The molecule has 22 heavy (non-hydrogen) atoms. The molecule has 0 aliphatic heterocycles. The van der Waals surface area contributed by atoms with E-state index < -0.39 is 0 Å². The number of nitrogens with zero attached hydrogens (tertiary/aromatic N) is 1. The number of anilines is 1. The summed E-state index contributed by atoms with van der Waals surface area (Å²) in [6.45, 7) is 4.30. The molecule has 0 unspecified atom stereocenters. The SMILES string of the molecule is Cc1ccc(OCCC(=O)Nc2ccccc2C#N)c(C)c1. The summed E-state index contributed by atoms with van der Waals surface area (Å²) in [7, 11) is 0. The molecule has 1 N–H and O–H groups in total. The zero-order valence-electron chi connectivity index (χ0n) is 12.7. The third kappa shape index (κ3) is 4.10. The number of nitrogens with one attached hydrogen (secondary N) is 1. The van der Waals surface area contributed by atoms with Crippen LogP contribution in [0.25, 0.3) is 0 Å². The van der Waals surface area contributed by atoms with Gasteiger partial charge in [0.15, 0.2) is 0 Å². The van der Waals surface area contributed by atoms with Crippen molar-refractivity contribution in [2.45, 2.75) is 20.3 Å². The van der Waals surface area contributed by atoms with E-state index in [9.17, 15) is 4.79 Å². The normalized spacial score (nSPS) is 9.86. The molecule has 0 saturated heterocycles. The van der Waals surface area contributed by atoms with Crippen molar-refractivity contribution in [1.82, 2.24) is 0 Å². The van der Waals surface area contributed by atoms with Crippen LogP contribution in [0.3, 0.4) is 0 Å². The minimum Gasteiger partial charge on any atom is -0.493 e. The smallest absolute Gasteiger partial charge is 0.227 e. The fraction of sp³-hybridized carbons (Fsp3) is 0.222. The van der Waals surface area contributed by atoms with E-state index in [1.54, 1.807) is 24.3 Å². The summed E-state index contributed by atoms with van der Waals surface area (Å²) in [5.41, 5.74) is 3.21. The highest BCUT2D eigenvalue weighted by atomic mass is 16.5. The van der Waals surface area contributed by atoms with E-state index in [2.05, 4.69) is 5.32 Å². The Morgan fingerprint density at radius 2 is 2.00 bits per heavy atom. The zero-order valence-corrected chi connectivity index (χ0v) is 12.7. The van der Waals surface area contributed by atoms with Crippen LogP contribution in [-0.4, -0.2) is 12.5 Å². The van der Waals surface area contributed by atoms with Gasteiger partial charge in [-0.2, -0.15) is 5.26 Å². The van der Waals surface area contributed by atoms with E-state index in [4.69, 9.17) is 10.00 Å². The van der Waals surface area contributed by atoms with Crippen molar-refractivity contribution in [3.05, 3.63) is 59.2 Å². The van der Waals surface area contributed by atoms with E-state index in [-0.39, 0.29) is 12.3 Å². The zero-order chi connectivity index (χ0) is 15.9. The van der Waals surface area contributed by atoms with Crippen molar-refractivity contribution >= 4 is 11.6 Å². The lowest BCUT2D eigenvalue weighted by atomic mass is 10.1. The maximum atomic E-state index is 11.9.